The van der Waals surface area contributed by atoms with Gasteiger partial charge in [0, 0.05) is 26.7 Å². The van der Waals surface area contributed by atoms with Gasteiger partial charge in [-0.15, -0.1) is 0 Å². The van der Waals surface area contributed by atoms with Crippen molar-refractivity contribution in [1.29, 1.82) is 0 Å². The molecule has 1 spiro atoms. The second-order valence-corrected chi connectivity index (χ2v) is 6.05. The zero-order valence-corrected chi connectivity index (χ0v) is 12.4. The van der Waals surface area contributed by atoms with Gasteiger partial charge in [0.1, 0.15) is 11.6 Å². The normalized spacial score (nSPS) is 27.1. The highest BCUT2D eigenvalue weighted by molar-refractivity contribution is 4.97. The molecule has 0 bridgehead atoms. The van der Waals surface area contributed by atoms with Crippen LogP contribution in [0.1, 0.15) is 37.3 Å². The molecule has 0 amide bonds. The number of aliphatic hydroxyl groups is 1. The van der Waals surface area contributed by atoms with E-state index in [0.717, 1.165) is 63.6 Å². The van der Waals surface area contributed by atoms with E-state index in [2.05, 4.69) is 15.0 Å². The summed E-state index contributed by atoms with van der Waals surface area (Å²) in [6, 6.07) is 0. The van der Waals surface area contributed by atoms with E-state index in [1.54, 1.807) is 0 Å². The molecule has 6 heteroatoms. The molecule has 2 aliphatic heterocycles. The molecule has 0 unspecified atom stereocenters. The number of ether oxygens (including phenoxy) is 1. The van der Waals surface area contributed by atoms with Crippen LogP contribution in [0.15, 0.2) is 0 Å². The smallest absolute Gasteiger partial charge is 0.147 e. The van der Waals surface area contributed by atoms with E-state index in [4.69, 9.17) is 4.74 Å². The minimum Gasteiger partial charge on any atom is -0.390 e. The summed E-state index contributed by atoms with van der Waals surface area (Å²) in [7, 11) is 1.94. The Morgan fingerprint density at radius 1 is 1.40 bits per heavy atom. The van der Waals surface area contributed by atoms with Crippen LogP contribution >= 0.6 is 0 Å². The monoisotopic (exact) mass is 280 g/mol. The van der Waals surface area contributed by atoms with E-state index in [1.165, 1.54) is 0 Å². The molecule has 6 nitrogen and oxygen atoms in total. The van der Waals surface area contributed by atoms with Gasteiger partial charge in [-0.25, -0.2) is 4.98 Å². The summed E-state index contributed by atoms with van der Waals surface area (Å²) in [5, 5.41) is 14.5. The highest BCUT2D eigenvalue weighted by Gasteiger charge is 2.43. The first-order valence-corrected chi connectivity index (χ1v) is 7.50. The molecular weight excluding hydrogens is 256 g/mol. The number of aliphatic hydroxyl groups excluding tert-OH is 1. The lowest BCUT2D eigenvalue weighted by atomic mass is 9.82. The lowest BCUT2D eigenvalue weighted by Gasteiger charge is -2.46. The van der Waals surface area contributed by atoms with Gasteiger partial charge in [-0.05, 0) is 32.6 Å². The van der Waals surface area contributed by atoms with Crippen molar-refractivity contribution in [2.75, 3.05) is 19.7 Å². The molecule has 0 aromatic carbocycles. The average Bonchev–Trinajstić information content (AvgIpc) is 2.74. The molecule has 3 rings (SSSR count). The third-order valence-electron chi connectivity index (χ3n) is 4.65. The van der Waals surface area contributed by atoms with E-state index >= 15 is 0 Å². The zero-order chi connectivity index (χ0) is 14.2. The largest absolute Gasteiger partial charge is 0.390 e. The summed E-state index contributed by atoms with van der Waals surface area (Å²) >= 11 is 0. The molecule has 1 N–H and O–H groups in total. The third-order valence-corrected chi connectivity index (χ3v) is 4.65. The standard InChI is InChI=1S/C14H24N4O2/c1-11-15-13(17(2)16-11)10-18-7-5-14(6-8-18)12(19)4-3-9-20-14/h12,19H,3-10H2,1-2H3/t12-/m1/s1. The maximum atomic E-state index is 10.2. The summed E-state index contributed by atoms with van der Waals surface area (Å²) in [4.78, 5) is 6.83. The lowest BCUT2D eigenvalue weighted by molar-refractivity contribution is -0.177. The van der Waals surface area contributed by atoms with Crippen molar-refractivity contribution in [1.82, 2.24) is 19.7 Å². The van der Waals surface area contributed by atoms with Crippen LogP contribution in [-0.2, 0) is 18.3 Å². The van der Waals surface area contributed by atoms with Gasteiger partial charge in [0.2, 0.25) is 0 Å². The summed E-state index contributed by atoms with van der Waals surface area (Å²) in [5.41, 5.74) is -0.287. The number of nitrogens with zero attached hydrogens (tertiary/aromatic N) is 4. The molecule has 0 saturated carbocycles. The summed E-state index contributed by atoms with van der Waals surface area (Å²) < 4.78 is 7.79. The Hall–Kier alpha value is -0.980. The van der Waals surface area contributed by atoms with Crippen LogP contribution in [-0.4, -0.2) is 56.2 Å². The third kappa shape index (κ3) is 2.60. The van der Waals surface area contributed by atoms with Crippen molar-refractivity contribution in [3.63, 3.8) is 0 Å². The number of piperidine rings is 1. The maximum Gasteiger partial charge on any atom is 0.147 e. The van der Waals surface area contributed by atoms with E-state index in [1.807, 2.05) is 18.7 Å². The molecule has 3 heterocycles. The van der Waals surface area contributed by atoms with Crippen LogP contribution in [0.2, 0.25) is 0 Å². The Balaban J connectivity index is 1.60. The molecular formula is C14H24N4O2. The predicted octanol–water partition coefficient (Wildman–Crippen LogP) is 0.629. The molecule has 2 fully saturated rings. The van der Waals surface area contributed by atoms with Gasteiger partial charge < -0.3 is 9.84 Å². The molecule has 1 aromatic rings. The van der Waals surface area contributed by atoms with Crippen molar-refractivity contribution < 1.29 is 9.84 Å². The summed E-state index contributed by atoms with van der Waals surface area (Å²) in [6.07, 6.45) is 3.37. The first-order valence-electron chi connectivity index (χ1n) is 7.50. The minimum atomic E-state index is -0.296. The molecule has 2 aliphatic rings. The highest BCUT2D eigenvalue weighted by Crippen LogP contribution is 2.35. The molecule has 2 saturated heterocycles. The van der Waals surface area contributed by atoms with Gasteiger partial charge in [-0.2, -0.15) is 5.10 Å². The number of rotatable bonds is 2. The number of hydrogen-bond acceptors (Lipinski definition) is 5. The van der Waals surface area contributed by atoms with E-state index in [0.29, 0.717) is 0 Å². The van der Waals surface area contributed by atoms with Gasteiger partial charge in [0.05, 0.1) is 18.2 Å². The van der Waals surface area contributed by atoms with E-state index in [9.17, 15) is 5.11 Å². The van der Waals surface area contributed by atoms with Crippen molar-refractivity contribution in [2.24, 2.45) is 7.05 Å². The van der Waals surface area contributed by atoms with Gasteiger partial charge in [0.15, 0.2) is 0 Å². The van der Waals surface area contributed by atoms with Crippen LogP contribution in [0, 0.1) is 6.92 Å². The average molecular weight is 280 g/mol. The quantitative estimate of drug-likeness (QED) is 0.861. The fraction of sp³-hybridized carbons (Fsp3) is 0.857. The van der Waals surface area contributed by atoms with E-state index < -0.39 is 0 Å². The van der Waals surface area contributed by atoms with Crippen LogP contribution in [0.4, 0.5) is 0 Å². The van der Waals surface area contributed by atoms with Crippen LogP contribution in [0.5, 0.6) is 0 Å². The predicted molar refractivity (Wildman–Crippen MR) is 74.2 cm³/mol. The van der Waals surface area contributed by atoms with Gasteiger partial charge in [0.25, 0.3) is 0 Å². The number of likely N-dealkylation sites (tertiary alicyclic amines) is 1. The summed E-state index contributed by atoms with van der Waals surface area (Å²) in [6.45, 7) is 5.43. The van der Waals surface area contributed by atoms with Crippen molar-refractivity contribution >= 4 is 0 Å². The first-order chi connectivity index (χ1) is 9.59. The number of aromatic nitrogens is 3. The first kappa shape index (κ1) is 14.0. The highest BCUT2D eigenvalue weighted by atomic mass is 16.5. The van der Waals surface area contributed by atoms with Crippen LogP contribution < -0.4 is 0 Å². The zero-order valence-electron chi connectivity index (χ0n) is 12.4. The SMILES string of the molecule is Cc1nc(CN2CCC3(CC2)OCCC[C@H]3O)n(C)n1. The molecule has 112 valence electrons. The minimum absolute atomic E-state index is 0.287. The van der Waals surface area contributed by atoms with Crippen LogP contribution in [0.3, 0.4) is 0 Å². The maximum absolute atomic E-state index is 10.2. The lowest BCUT2D eigenvalue weighted by Crippen LogP contribution is -2.55. The van der Waals surface area contributed by atoms with Gasteiger partial charge in [-0.3, -0.25) is 9.58 Å². The summed E-state index contributed by atoms with van der Waals surface area (Å²) in [5.74, 6) is 1.82. The van der Waals surface area contributed by atoms with Gasteiger partial charge >= 0.3 is 0 Å². The molecule has 1 atom stereocenters. The molecule has 1 aromatic heterocycles. The Bertz CT molecular complexity index is 466. The van der Waals surface area contributed by atoms with Crippen molar-refractivity contribution in [3.8, 4) is 0 Å². The Morgan fingerprint density at radius 2 is 2.15 bits per heavy atom. The fourth-order valence-electron chi connectivity index (χ4n) is 3.37. The van der Waals surface area contributed by atoms with E-state index in [-0.39, 0.29) is 11.7 Å². The Morgan fingerprint density at radius 3 is 2.75 bits per heavy atom. The van der Waals surface area contributed by atoms with Crippen LogP contribution in [0.25, 0.3) is 0 Å². The molecule has 0 radical (unpaired) electrons. The Kier molecular flexibility index (Phi) is 3.79. The number of hydrogen-bond donors (Lipinski definition) is 1. The fourth-order valence-corrected chi connectivity index (χ4v) is 3.37. The molecule has 0 aliphatic carbocycles. The van der Waals surface area contributed by atoms with Gasteiger partial charge in [-0.1, -0.05) is 0 Å². The number of aryl methyl sites for hydroxylation is 2. The van der Waals surface area contributed by atoms with Crippen molar-refractivity contribution in [2.45, 2.75) is 50.9 Å². The van der Waals surface area contributed by atoms with Crippen molar-refractivity contribution in [3.05, 3.63) is 11.6 Å². The topological polar surface area (TPSA) is 63.4 Å². The second kappa shape index (κ2) is 5.42. The Labute approximate surface area is 119 Å². The molecule has 20 heavy (non-hydrogen) atoms. The second-order valence-electron chi connectivity index (χ2n) is 6.05.